The molecule has 5 N–H and O–H groups in total. The molecule has 0 aliphatic carbocycles. The molecule has 0 radical (unpaired) electrons. The zero-order valence-corrected chi connectivity index (χ0v) is 9.79. The average molecular weight is 202 g/mol. The molecular formula is C11H26N2O. The number of aliphatic hydroxyl groups is 1. The van der Waals surface area contributed by atoms with Crippen LogP contribution in [-0.4, -0.2) is 23.3 Å². The molecule has 3 unspecified atom stereocenters. The highest BCUT2D eigenvalue weighted by atomic mass is 16.3. The quantitative estimate of drug-likeness (QED) is 0.581. The summed E-state index contributed by atoms with van der Waals surface area (Å²) in [5, 5.41) is 9.42. The lowest BCUT2D eigenvalue weighted by molar-refractivity contribution is 0.113. The van der Waals surface area contributed by atoms with Crippen LogP contribution in [0.5, 0.6) is 0 Å². The van der Waals surface area contributed by atoms with E-state index in [9.17, 15) is 5.11 Å². The second-order valence-corrected chi connectivity index (χ2v) is 4.32. The van der Waals surface area contributed by atoms with Crippen molar-refractivity contribution in [2.45, 2.75) is 58.1 Å². The molecule has 0 rings (SSSR count). The minimum atomic E-state index is -0.327. The van der Waals surface area contributed by atoms with Gasteiger partial charge in [0.15, 0.2) is 0 Å². The molecule has 0 aromatic carbocycles. The fourth-order valence-electron chi connectivity index (χ4n) is 2.25. The Morgan fingerprint density at radius 3 is 2.21 bits per heavy atom. The summed E-state index contributed by atoms with van der Waals surface area (Å²) in [6, 6.07) is 0. The number of hydrogen-bond donors (Lipinski definition) is 3. The Balaban J connectivity index is 4.44. The Kier molecular flexibility index (Phi) is 6.33. The van der Waals surface area contributed by atoms with Gasteiger partial charge in [0.1, 0.15) is 0 Å². The van der Waals surface area contributed by atoms with E-state index in [-0.39, 0.29) is 11.6 Å². The summed E-state index contributed by atoms with van der Waals surface area (Å²) >= 11 is 0. The Labute approximate surface area is 87.9 Å². The van der Waals surface area contributed by atoms with Crippen molar-refractivity contribution in [2.24, 2.45) is 17.4 Å². The van der Waals surface area contributed by atoms with Gasteiger partial charge >= 0.3 is 0 Å². The normalized spacial score (nSPS) is 20.1. The predicted molar refractivity (Wildman–Crippen MR) is 61.0 cm³/mol. The van der Waals surface area contributed by atoms with Gasteiger partial charge in [0.2, 0.25) is 0 Å². The minimum absolute atomic E-state index is 0.248. The molecule has 0 aliphatic rings. The number of nitrogens with two attached hydrogens (primary N) is 2. The molecule has 3 nitrogen and oxygen atoms in total. The first kappa shape index (κ1) is 13.9. The van der Waals surface area contributed by atoms with Crippen LogP contribution in [0.4, 0.5) is 0 Å². The lowest BCUT2D eigenvalue weighted by Crippen LogP contribution is -2.49. The van der Waals surface area contributed by atoms with Crippen LogP contribution in [0, 0.1) is 5.92 Å². The van der Waals surface area contributed by atoms with E-state index in [1.165, 1.54) is 0 Å². The Morgan fingerprint density at radius 2 is 1.93 bits per heavy atom. The molecule has 86 valence electrons. The molecule has 0 fully saturated rings. The van der Waals surface area contributed by atoms with E-state index in [4.69, 9.17) is 11.5 Å². The number of aliphatic hydroxyl groups excluding tert-OH is 1. The second kappa shape index (κ2) is 6.38. The van der Waals surface area contributed by atoms with E-state index in [1.54, 1.807) is 6.92 Å². The molecule has 3 atom stereocenters. The van der Waals surface area contributed by atoms with Gasteiger partial charge in [0.25, 0.3) is 0 Å². The molecule has 0 heterocycles. The van der Waals surface area contributed by atoms with Crippen molar-refractivity contribution in [1.29, 1.82) is 0 Å². The maximum Gasteiger partial charge on any atom is 0.0529 e. The zero-order valence-electron chi connectivity index (χ0n) is 9.79. The van der Waals surface area contributed by atoms with E-state index >= 15 is 0 Å². The van der Waals surface area contributed by atoms with E-state index in [2.05, 4.69) is 13.8 Å². The van der Waals surface area contributed by atoms with Crippen LogP contribution < -0.4 is 11.5 Å². The standard InChI is InChI=1S/C11H26N2O/c1-4-10(6-7-12)11(13,5-2)8-9(3)14/h9-10,14H,4-8,12-13H2,1-3H3. The second-order valence-electron chi connectivity index (χ2n) is 4.32. The Morgan fingerprint density at radius 1 is 1.36 bits per heavy atom. The smallest absolute Gasteiger partial charge is 0.0529 e. The molecule has 0 amide bonds. The molecule has 0 bridgehead atoms. The molecule has 3 heteroatoms. The summed E-state index contributed by atoms with van der Waals surface area (Å²) in [5.74, 6) is 0.423. The maximum atomic E-state index is 9.42. The van der Waals surface area contributed by atoms with Crippen LogP contribution in [0.15, 0.2) is 0 Å². The van der Waals surface area contributed by atoms with Crippen LogP contribution in [0.25, 0.3) is 0 Å². The molecular weight excluding hydrogens is 176 g/mol. The molecule has 0 aromatic rings. The summed E-state index contributed by atoms with van der Waals surface area (Å²) in [6.07, 6.45) is 3.23. The van der Waals surface area contributed by atoms with Gasteiger partial charge < -0.3 is 16.6 Å². The van der Waals surface area contributed by atoms with Crippen molar-refractivity contribution in [3.05, 3.63) is 0 Å². The lowest BCUT2D eigenvalue weighted by Gasteiger charge is -2.37. The summed E-state index contributed by atoms with van der Waals surface area (Å²) in [5.41, 5.74) is 11.6. The number of rotatable bonds is 7. The molecule has 0 aromatic heterocycles. The monoisotopic (exact) mass is 202 g/mol. The minimum Gasteiger partial charge on any atom is -0.393 e. The van der Waals surface area contributed by atoms with Crippen molar-refractivity contribution >= 4 is 0 Å². The largest absolute Gasteiger partial charge is 0.393 e. The van der Waals surface area contributed by atoms with Crippen molar-refractivity contribution in [3.8, 4) is 0 Å². The van der Waals surface area contributed by atoms with Crippen molar-refractivity contribution in [2.75, 3.05) is 6.54 Å². The molecule has 0 spiro atoms. The van der Waals surface area contributed by atoms with Gasteiger partial charge in [-0.1, -0.05) is 20.3 Å². The third-order valence-corrected chi connectivity index (χ3v) is 3.15. The topological polar surface area (TPSA) is 72.3 Å². The number of hydrogen-bond acceptors (Lipinski definition) is 3. The molecule has 0 aliphatic heterocycles. The maximum absolute atomic E-state index is 9.42. The van der Waals surface area contributed by atoms with Crippen LogP contribution in [-0.2, 0) is 0 Å². The average Bonchev–Trinajstić information content (AvgIpc) is 2.12. The van der Waals surface area contributed by atoms with E-state index in [1.807, 2.05) is 0 Å². The fourth-order valence-corrected chi connectivity index (χ4v) is 2.25. The molecule has 14 heavy (non-hydrogen) atoms. The first-order valence-electron chi connectivity index (χ1n) is 5.67. The molecule has 0 saturated heterocycles. The van der Waals surface area contributed by atoms with Crippen LogP contribution in [0.3, 0.4) is 0 Å². The van der Waals surface area contributed by atoms with E-state index in [0.717, 1.165) is 19.3 Å². The molecule has 0 saturated carbocycles. The van der Waals surface area contributed by atoms with Crippen molar-refractivity contribution < 1.29 is 5.11 Å². The first-order chi connectivity index (χ1) is 6.50. The summed E-state index contributed by atoms with van der Waals surface area (Å²) < 4.78 is 0. The lowest BCUT2D eigenvalue weighted by atomic mass is 9.75. The predicted octanol–water partition coefficient (Wildman–Crippen LogP) is 1.24. The summed E-state index contributed by atoms with van der Waals surface area (Å²) in [4.78, 5) is 0. The van der Waals surface area contributed by atoms with Gasteiger partial charge in [-0.05, 0) is 38.6 Å². The summed E-state index contributed by atoms with van der Waals surface area (Å²) in [6.45, 7) is 6.70. The highest BCUT2D eigenvalue weighted by molar-refractivity contribution is 4.91. The van der Waals surface area contributed by atoms with Crippen LogP contribution >= 0.6 is 0 Å². The first-order valence-corrected chi connectivity index (χ1v) is 5.67. The van der Waals surface area contributed by atoms with Gasteiger partial charge in [0, 0.05) is 5.54 Å². The van der Waals surface area contributed by atoms with Crippen molar-refractivity contribution in [1.82, 2.24) is 0 Å². The third-order valence-electron chi connectivity index (χ3n) is 3.15. The van der Waals surface area contributed by atoms with Crippen LogP contribution in [0.2, 0.25) is 0 Å². The van der Waals surface area contributed by atoms with E-state index < -0.39 is 0 Å². The van der Waals surface area contributed by atoms with Gasteiger partial charge in [-0.2, -0.15) is 0 Å². The zero-order chi connectivity index (χ0) is 11.2. The van der Waals surface area contributed by atoms with Gasteiger partial charge in [0.05, 0.1) is 6.10 Å². The van der Waals surface area contributed by atoms with Crippen molar-refractivity contribution in [3.63, 3.8) is 0 Å². The van der Waals surface area contributed by atoms with E-state index in [0.29, 0.717) is 18.9 Å². The summed E-state index contributed by atoms with van der Waals surface area (Å²) in [7, 11) is 0. The Bertz CT molecular complexity index is 150. The van der Waals surface area contributed by atoms with Gasteiger partial charge in [-0.25, -0.2) is 0 Å². The highest BCUT2D eigenvalue weighted by Crippen LogP contribution is 2.29. The van der Waals surface area contributed by atoms with Gasteiger partial charge in [-0.15, -0.1) is 0 Å². The Hall–Kier alpha value is -0.120. The van der Waals surface area contributed by atoms with Gasteiger partial charge in [-0.3, -0.25) is 0 Å². The SMILES string of the molecule is CCC(CCN)C(N)(CC)CC(C)O. The third kappa shape index (κ3) is 3.95. The highest BCUT2D eigenvalue weighted by Gasteiger charge is 2.32. The van der Waals surface area contributed by atoms with Crippen LogP contribution in [0.1, 0.15) is 46.5 Å². The fraction of sp³-hybridized carbons (Fsp3) is 1.00.